The monoisotopic (exact) mass is 789 g/mol. The number of carbonyl (C=O) groups is 4. The average Bonchev–Trinajstić information content (AvgIpc) is 4.01. The molecule has 5 atom stereocenters. The van der Waals surface area contributed by atoms with Crippen LogP contribution in [-0.2, 0) is 29.1 Å². The third-order valence-corrected chi connectivity index (χ3v) is 13.3. The molecule has 0 radical (unpaired) electrons. The maximum Gasteiger partial charge on any atom is 0.408 e. The largest absolute Gasteiger partial charge is 0.472 e. The van der Waals surface area contributed by atoms with Crippen LogP contribution in [0.4, 0.5) is 4.79 Å². The number of amides is 4. The van der Waals surface area contributed by atoms with Crippen molar-refractivity contribution in [1.82, 2.24) is 25.2 Å². The van der Waals surface area contributed by atoms with E-state index in [0.717, 1.165) is 31.1 Å². The van der Waals surface area contributed by atoms with E-state index in [-0.39, 0.29) is 19.4 Å². The van der Waals surface area contributed by atoms with Crippen molar-refractivity contribution < 1.29 is 37.1 Å². The number of aromatic nitrogens is 1. The van der Waals surface area contributed by atoms with Gasteiger partial charge in [-0.2, -0.15) is 0 Å². The Morgan fingerprint density at radius 1 is 1.00 bits per heavy atom. The van der Waals surface area contributed by atoms with E-state index in [0.29, 0.717) is 18.7 Å². The minimum absolute atomic E-state index is 0.0239. The summed E-state index contributed by atoms with van der Waals surface area (Å²) in [7, 11) is -3.91. The van der Waals surface area contributed by atoms with E-state index in [2.05, 4.69) is 21.9 Å². The molecule has 2 saturated carbocycles. The molecule has 3 fully saturated rings. The summed E-state index contributed by atoms with van der Waals surface area (Å²) in [6, 6.07) is 13.5. The van der Waals surface area contributed by atoms with Crippen LogP contribution in [0.1, 0.15) is 67.2 Å². The van der Waals surface area contributed by atoms with Crippen LogP contribution in [-0.4, -0.2) is 83.2 Å². The molecule has 3 heterocycles. The van der Waals surface area contributed by atoms with Crippen LogP contribution in [0, 0.1) is 11.3 Å². The number of benzene rings is 2. The molecule has 1 aliphatic heterocycles. The predicted octanol–water partition coefficient (Wildman–Crippen LogP) is 5.56. The number of sulfonamides is 1. The number of nitrogens with zero attached hydrogens (tertiary/aromatic N) is 2. The summed E-state index contributed by atoms with van der Waals surface area (Å²) >= 11 is 1.64. The van der Waals surface area contributed by atoms with E-state index in [1.54, 1.807) is 52.9 Å². The first-order chi connectivity index (χ1) is 25.8. The van der Waals surface area contributed by atoms with E-state index in [1.807, 2.05) is 48.5 Å². The summed E-state index contributed by atoms with van der Waals surface area (Å²) in [4.78, 5) is 62.0. The molecule has 13 nitrogen and oxygen atoms in total. The van der Waals surface area contributed by atoms with Gasteiger partial charge in [-0.1, -0.05) is 63.2 Å². The van der Waals surface area contributed by atoms with Crippen LogP contribution in [0.5, 0.6) is 5.88 Å². The number of fused-ring (bicyclic) bond motifs is 5. The fourth-order valence-corrected chi connectivity index (χ4v) is 9.78. The fraction of sp³-hybridized carbons (Fsp3) is 0.475. The van der Waals surface area contributed by atoms with E-state index in [1.165, 1.54) is 11.0 Å². The average molecular weight is 790 g/mol. The molecule has 2 aromatic carbocycles. The van der Waals surface area contributed by atoms with Crippen molar-refractivity contribution in [3.05, 3.63) is 61.2 Å². The summed E-state index contributed by atoms with van der Waals surface area (Å²) in [5.74, 6) is -2.23. The van der Waals surface area contributed by atoms with Crippen LogP contribution in [0.2, 0.25) is 0 Å². The predicted molar refractivity (Wildman–Crippen MR) is 211 cm³/mol. The molecular formula is C40H47N5O8S2. The maximum atomic E-state index is 14.6. The SMILES string of the molecule is C=C[C@@H]1C[C@]1(NC(=O)[C@@H]1C[C@@H](Oc2nc3c4ccccc4sc3c3ccccc23)CN1C(=O)[C@@H](NC(=O)OC(C)(C)C)C(C)(C)C)C(=O)NS(=O)(=O)C1CC1. The second kappa shape index (κ2) is 13.8. The third kappa shape index (κ3) is 7.60. The molecule has 3 aliphatic rings. The smallest absolute Gasteiger partial charge is 0.408 e. The summed E-state index contributed by atoms with van der Waals surface area (Å²) in [5, 5.41) is 7.61. The summed E-state index contributed by atoms with van der Waals surface area (Å²) in [6.45, 7) is 14.3. The van der Waals surface area contributed by atoms with Crippen LogP contribution in [0.25, 0.3) is 31.1 Å². The maximum absolute atomic E-state index is 14.6. The second-order valence-electron chi connectivity index (χ2n) is 16.8. The highest BCUT2D eigenvalue weighted by atomic mass is 32.2. The van der Waals surface area contributed by atoms with E-state index < -0.39 is 79.7 Å². The molecule has 7 rings (SSSR count). The quantitative estimate of drug-likeness (QED) is 0.174. The van der Waals surface area contributed by atoms with E-state index in [4.69, 9.17) is 14.5 Å². The van der Waals surface area contributed by atoms with Gasteiger partial charge in [0.2, 0.25) is 27.7 Å². The molecule has 292 valence electrons. The standard InChI is InChI=1S/C40H47N5O8S2/c1-8-22-20-40(22,36(48)44-55(50,51)24-17-18-24)43-33(46)28-19-23(21-45(28)35(47)32(38(2,3)4)42-37(49)53-39(5,6)7)52-34-26-14-10-9-13-25(26)31-30(41-34)27-15-11-12-16-29(27)54-31/h8-16,22-24,28,32H,1,17-21H2,2-7H3,(H,42,49)(H,43,46)(H,44,48)/t22-,23-,28+,32-,40-/m1/s1. The van der Waals surface area contributed by atoms with Crippen LogP contribution in [0.3, 0.4) is 0 Å². The van der Waals surface area contributed by atoms with E-state index >= 15 is 0 Å². The zero-order chi connectivity index (χ0) is 39.7. The first-order valence-corrected chi connectivity index (χ1v) is 20.8. The molecule has 15 heteroatoms. The van der Waals surface area contributed by atoms with Crippen molar-refractivity contribution in [1.29, 1.82) is 0 Å². The normalized spacial score (nSPS) is 23.3. The van der Waals surface area contributed by atoms with Crippen LogP contribution in [0.15, 0.2) is 61.2 Å². The van der Waals surface area contributed by atoms with Gasteiger partial charge in [0.15, 0.2) is 0 Å². The highest BCUT2D eigenvalue weighted by molar-refractivity contribution is 7.91. The molecule has 1 saturated heterocycles. The topological polar surface area (TPSA) is 173 Å². The first kappa shape index (κ1) is 38.5. The summed E-state index contributed by atoms with van der Waals surface area (Å²) in [6.07, 6.45) is 1.07. The fourth-order valence-electron chi connectivity index (χ4n) is 7.24. The second-order valence-corrected chi connectivity index (χ2v) is 19.9. The Labute approximate surface area is 324 Å². The number of pyridine rings is 1. The molecule has 4 aromatic rings. The first-order valence-electron chi connectivity index (χ1n) is 18.5. The molecule has 4 amide bonds. The zero-order valence-electron chi connectivity index (χ0n) is 31.8. The van der Waals surface area contributed by atoms with Crippen molar-refractivity contribution in [2.24, 2.45) is 11.3 Å². The minimum atomic E-state index is -3.91. The Morgan fingerprint density at radius 2 is 1.65 bits per heavy atom. The number of alkyl carbamates (subject to hydrolysis) is 1. The number of rotatable bonds is 10. The summed E-state index contributed by atoms with van der Waals surface area (Å²) in [5.41, 5.74) is -2.43. The lowest BCUT2D eigenvalue weighted by molar-refractivity contribution is -0.143. The number of hydrogen-bond acceptors (Lipinski definition) is 10. The molecule has 2 aliphatic carbocycles. The number of carbonyl (C=O) groups excluding carboxylic acids is 4. The van der Waals surface area contributed by atoms with Gasteiger partial charge >= 0.3 is 6.09 Å². The Hall–Kier alpha value is -4.76. The van der Waals surface area contributed by atoms with Gasteiger partial charge in [-0.15, -0.1) is 17.9 Å². The Kier molecular flexibility index (Phi) is 9.64. The number of hydrogen-bond donors (Lipinski definition) is 3. The van der Waals surface area contributed by atoms with Crippen molar-refractivity contribution in [3.8, 4) is 5.88 Å². The lowest BCUT2D eigenvalue weighted by Crippen LogP contribution is -2.60. The van der Waals surface area contributed by atoms with Gasteiger partial charge in [-0.3, -0.25) is 19.1 Å². The highest BCUT2D eigenvalue weighted by Crippen LogP contribution is 2.46. The third-order valence-electron chi connectivity index (χ3n) is 10.3. The van der Waals surface area contributed by atoms with Gasteiger partial charge < -0.3 is 25.0 Å². The molecule has 0 spiro atoms. The summed E-state index contributed by atoms with van der Waals surface area (Å²) < 4.78 is 41.9. The van der Waals surface area contributed by atoms with Gasteiger partial charge in [0, 0.05) is 33.2 Å². The lowest BCUT2D eigenvalue weighted by Gasteiger charge is -2.36. The number of nitrogens with one attached hydrogen (secondary N) is 3. The minimum Gasteiger partial charge on any atom is -0.472 e. The molecular weight excluding hydrogens is 743 g/mol. The van der Waals surface area contributed by atoms with Crippen LogP contribution < -0.4 is 20.1 Å². The molecule has 0 bridgehead atoms. The van der Waals surface area contributed by atoms with Gasteiger partial charge in [0.1, 0.15) is 29.3 Å². The van der Waals surface area contributed by atoms with Crippen molar-refractivity contribution in [2.75, 3.05) is 6.54 Å². The molecule has 0 unspecified atom stereocenters. The van der Waals surface area contributed by atoms with Crippen molar-refractivity contribution in [3.63, 3.8) is 0 Å². The zero-order valence-corrected chi connectivity index (χ0v) is 33.4. The highest BCUT2D eigenvalue weighted by Gasteiger charge is 2.62. The molecule has 3 N–H and O–H groups in total. The Bertz CT molecular complexity index is 2340. The van der Waals surface area contributed by atoms with Gasteiger partial charge in [0.25, 0.3) is 5.91 Å². The van der Waals surface area contributed by atoms with Crippen LogP contribution >= 0.6 is 11.3 Å². The molecule has 55 heavy (non-hydrogen) atoms. The number of thiophene rings is 1. The molecule has 2 aromatic heterocycles. The van der Waals surface area contributed by atoms with Crippen molar-refractivity contribution in [2.45, 2.75) is 102 Å². The lowest BCUT2D eigenvalue weighted by atomic mass is 9.85. The Morgan fingerprint density at radius 3 is 2.27 bits per heavy atom. The van der Waals surface area contributed by atoms with Gasteiger partial charge in [0.05, 0.1) is 22.0 Å². The Balaban J connectivity index is 1.23. The van der Waals surface area contributed by atoms with Crippen molar-refractivity contribution >= 4 is 76.3 Å². The van der Waals surface area contributed by atoms with E-state index in [9.17, 15) is 27.6 Å². The van der Waals surface area contributed by atoms with Gasteiger partial charge in [-0.25, -0.2) is 18.2 Å². The van der Waals surface area contributed by atoms with Gasteiger partial charge in [-0.05, 0) is 57.6 Å². The number of ether oxygens (including phenoxy) is 2. The number of likely N-dealkylation sites (tertiary alicyclic amines) is 1.